The van der Waals surface area contributed by atoms with Crippen molar-refractivity contribution < 1.29 is 22.7 Å². The van der Waals surface area contributed by atoms with Gasteiger partial charge in [-0.1, -0.05) is 43.3 Å². The van der Waals surface area contributed by atoms with Crippen molar-refractivity contribution in [2.45, 2.75) is 75.7 Å². The molecule has 1 N–H and O–H groups in total. The van der Waals surface area contributed by atoms with E-state index >= 15 is 0 Å². The molecule has 2 aromatic rings. The first-order valence-electron chi connectivity index (χ1n) is 15.1. The minimum atomic E-state index is -3.86. The zero-order valence-electron chi connectivity index (χ0n) is 24.3. The summed E-state index contributed by atoms with van der Waals surface area (Å²) in [4.78, 5) is 15.7. The Morgan fingerprint density at radius 3 is 2.66 bits per heavy atom. The topological polar surface area (TPSA) is 84.9 Å². The van der Waals surface area contributed by atoms with Crippen LogP contribution in [0.15, 0.2) is 54.6 Å². The van der Waals surface area contributed by atoms with Crippen LogP contribution >= 0.6 is 0 Å². The van der Waals surface area contributed by atoms with Crippen LogP contribution < -0.4 is 14.4 Å². The lowest BCUT2D eigenvalue weighted by molar-refractivity contribution is -0.0213. The molecule has 8 heteroatoms. The van der Waals surface area contributed by atoms with Crippen molar-refractivity contribution in [1.29, 1.82) is 0 Å². The van der Waals surface area contributed by atoms with E-state index in [4.69, 9.17) is 9.47 Å². The van der Waals surface area contributed by atoms with Gasteiger partial charge in [0.05, 0.1) is 17.5 Å². The van der Waals surface area contributed by atoms with Gasteiger partial charge < -0.3 is 14.4 Å². The van der Waals surface area contributed by atoms with Crippen molar-refractivity contribution in [3.63, 3.8) is 0 Å². The van der Waals surface area contributed by atoms with Crippen LogP contribution in [0.5, 0.6) is 5.75 Å². The molecule has 4 aliphatic rings. The number of benzene rings is 2. The zero-order valence-corrected chi connectivity index (χ0v) is 25.2. The summed E-state index contributed by atoms with van der Waals surface area (Å²) in [5.41, 5.74) is 3.57. The highest BCUT2D eigenvalue weighted by Gasteiger charge is 2.47. The fourth-order valence-electron chi connectivity index (χ4n) is 7.38. The van der Waals surface area contributed by atoms with Crippen LogP contribution in [-0.4, -0.2) is 46.1 Å². The molecule has 1 fully saturated rings. The molecule has 1 saturated carbocycles. The van der Waals surface area contributed by atoms with Crippen molar-refractivity contribution in [2.24, 2.45) is 17.8 Å². The number of carbonyl (C=O) groups is 1. The summed E-state index contributed by atoms with van der Waals surface area (Å²) in [5.74, 6) is 0.777. The Kier molecular flexibility index (Phi) is 7.66. The number of aryl methyl sites for hydroxylation is 1. The average Bonchev–Trinajstić information content (AvgIpc) is 3.11. The van der Waals surface area contributed by atoms with Crippen LogP contribution in [0.3, 0.4) is 0 Å². The molecule has 2 aromatic carbocycles. The number of hydrogen-bond acceptors (Lipinski definition) is 6. The van der Waals surface area contributed by atoms with E-state index in [9.17, 15) is 13.2 Å². The molecule has 2 bridgehead atoms. The van der Waals surface area contributed by atoms with E-state index in [1.807, 2.05) is 13.0 Å². The molecule has 0 aromatic heterocycles. The molecule has 6 rings (SSSR count). The molecule has 2 heterocycles. The van der Waals surface area contributed by atoms with Crippen LogP contribution in [0.4, 0.5) is 5.69 Å². The highest BCUT2D eigenvalue weighted by molar-refractivity contribution is 7.90. The number of fused-ring (bicyclic) bond motifs is 4. The zero-order chi connectivity index (χ0) is 28.8. The smallest absolute Gasteiger partial charge is 0.264 e. The highest BCUT2D eigenvalue weighted by Crippen LogP contribution is 2.48. The summed E-state index contributed by atoms with van der Waals surface area (Å²) in [7, 11) is -2.08. The third-order valence-corrected chi connectivity index (χ3v) is 12.1. The monoisotopic (exact) mass is 578 g/mol. The molecule has 1 spiro atoms. The minimum absolute atomic E-state index is 0.126. The van der Waals surface area contributed by atoms with Crippen molar-refractivity contribution in [1.82, 2.24) is 4.72 Å². The first kappa shape index (κ1) is 28.3. The second-order valence-electron chi connectivity index (χ2n) is 12.6. The first-order chi connectivity index (χ1) is 19.7. The number of rotatable bonds is 1. The van der Waals surface area contributed by atoms with E-state index in [0.29, 0.717) is 42.7 Å². The number of allylic oxidation sites excluding steroid dienone is 2. The lowest BCUT2D eigenvalue weighted by Crippen LogP contribution is -2.54. The Morgan fingerprint density at radius 2 is 1.88 bits per heavy atom. The van der Waals surface area contributed by atoms with E-state index in [-0.39, 0.29) is 17.6 Å². The Labute approximate surface area is 244 Å². The van der Waals surface area contributed by atoms with E-state index in [2.05, 4.69) is 46.0 Å². The Bertz CT molecular complexity index is 1440. The minimum Gasteiger partial charge on any atom is -0.490 e. The summed E-state index contributed by atoms with van der Waals surface area (Å²) in [6.07, 6.45) is 11.1. The van der Waals surface area contributed by atoms with Gasteiger partial charge in [-0.15, -0.1) is 0 Å². The number of amides is 1. The van der Waals surface area contributed by atoms with Crippen LogP contribution in [0.2, 0.25) is 0 Å². The van der Waals surface area contributed by atoms with Crippen molar-refractivity contribution in [3.05, 3.63) is 71.3 Å². The van der Waals surface area contributed by atoms with Crippen LogP contribution in [0.25, 0.3) is 0 Å². The Morgan fingerprint density at radius 1 is 1.07 bits per heavy atom. The van der Waals surface area contributed by atoms with Gasteiger partial charge in [0.1, 0.15) is 12.0 Å². The molecule has 0 saturated heterocycles. The first-order valence-corrected chi connectivity index (χ1v) is 16.6. The number of anilines is 1. The summed E-state index contributed by atoms with van der Waals surface area (Å²) >= 11 is 0. The molecule has 41 heavy (non-hydrogen) atoms. The van der Waals surface area contributed by atoms with Gasteiger partial charge in [0.15, 0.2) is 0 Å². The molecular weight excluding hydrogens is 536 g/mol. The SMILES string of the molecule is COC1C2CCC2CC=CCC(C)C(C)S(=O)(=O)NC(=O)c2ccc3c(c2)N1CC1(CCCc2ccccc21)CO3. The Hall–Kier alpha value is -2.84. The van der Waals surface area contributed by atoms with E-state index in [1.165, 1.54) is 11.1 Å². The van der Waals surface area contributed by atoms with Crippen molar-refractivity contribution in [3.8, 4) is 5.75 Å². The molecular formula is C33H42N2O5S. The molecule has 2 aliphatic carbocycles. The van der Waals surface area contributed by atoms with Gasteiger partial charge in [-0.2, -0.15) is 0 Å². The second kappa shape index (κ2) is 11.1. The maximum Gasteiger partial charge on any atom is 0.264 e. The molecule has 6 atom stereocenters. The number of nitrogens with one attached hydrogen (secondary N) is 1. The third-order valence-electron chi connectivity index (χ3n) is 10.2. The van der Waals surface area contributed by atoms with E-state index in [1.54, 1.807) is 26.2 Å². The predicted molar refractivity (Wildman–Crippen MR) is 161 cm³/mol. The molecule has 2 aliphatic heterocycles. The maximum atomic E-state index is 13.4. The van der Waals surface area contributed by atoms with Gasteiger partial charge in [-0.3, -0.25) is 4.79 Å². The fourth-order valence-corrected chi connectivity index (χ4v) is 8.67. The normalized spacial score (nSPS) is 33.0. The van der Waals surface area contributed by atoms with E-state index in [0.717, 1.165) is 44.2 Å². The van der Waals surface area contributed by atoms with Gasteiger partial charge >= 0.3 is 0 Å². The number of nitrogens with zero attached hydrogens (tertiary/aromatic N) is 1. The number of methoxy groups -OCH3 is 1. The molecule has 0 radical (unpaired) electrons. The third kappa shape index (κ3) is 5.18. The van der Waals surface area contributed by atoms with Gasteiger partial charge in [-0.25, -0.2) is 13.1 Å². The number of hydrogen-bond donors (Lipinski definition) is 1. The largest absolute Gasteiger partial charge is 0.490 e. The summed E-state index contributed by atoms with van der Waals surface area (Å²) in [6.45, 7) is 4.84. The lowest BCUT2D eigenvalue weighted by atomic mass is 9.68. The van der Waals surface area contributed by atoms with Crippen LogP contribution in [0, 0.1) is 17.8 Å². The maximum absolute atomic E-state index is 13.4. The van der Waals surface area contributed by atoms with Crippen molar-refractivity contribution in [2.75, 3.05) is 25.2 Å². The van der Waals surface area contributed by atoms with Gasteiger partial charge in [-0.05, 0) is 93.0 Å². The molecule has 1 amide bonds. The fraction of sp³-hybridized carbons (Fsp3) is 0.545. The Balaban J connectivity index is 1.46. The standard InChI is InChI=1S/C33H42N2O5S/c1-22-9-4-5-10-24-14-16-27(24)32(39-3)35-20-33(18-8-12-25-11-6-7-13-28(25)33)21-40-30-17-15-26(19-29(30)35)31(36)34-41(37,38)23(22)2/h4-7,11,13,15,17,19,22-24,27,32H,8-10,12,14,16,18,20-21H2,1-3H3,(H,34,36). The summed E-state index contributed by atoms with van der Waals surface area (Å²) in [6, 6.07) is 14.0. The summed E-state index contributed by atoms with van der Waals surface area (Å²) < 4.78 is 41.6. The average molecular weight is 579 g/mol. The van der Waals surface area contributed by atoms with Crippen LogP contribution in [0.1, 0.15) is 73.9 Å². The number of carbonyl (C=O) groups excluding carboxylic acids is 1. The van der Waals surface area contributed by atoms with Gasteiger partial charge in [0.25, 0.3) is 5.91 Å². The van der Waals surface area contributed by atoms with Crippen molar-refractivity contribution >= 4 is 21.6 Å². The highest BCUT2D eigenvalue weighted by atomic mass is 32.2. The lowest BCUT2D eigenvalue weighted by Gasteiger charge is -2.48. The number of sulfonamides is 1. The van der Waals surface area contributed by atoms with E-state index < -0.39 is 21.2 Å². The molecule has 7 nitrogen and oxygen atoms in total. The molecule has 6 unspecified atom stereocenters. The quantitative estimate of drug-likeness (QED) is 0.444. The number of ether oxygens (including phenoxy) is 2. The van der Waals surface area contributed by atoms with Gasteiger partial charge in [0.2, 0.25) is 10.0 Å². The summed E-state index contributed by atoms with van der Waals surface area (Å²) in [5, 5.41) is -0.704. The predicted octanol–water partition coefficient (Wildman–Crippen LogP) is 5.59. The molecule has 220 valence electrons. The second-order valence-corrected chi connectivity index (χ2v) is 14.7. The van der Waals surface area contributed by atoms with Crippen LogP contribution in [-0.2, 0) is 26.6 Å². The van der Waals surface area contributed by atoms with Gasteiger partial charge in [0, 0.05) is 30.6 Å².